The van der Waals surface area contributed by atoms with Crippen molar-refractivity contribution in [3.8, 4) is 5.75 Å². The van der Waals surface area contributed by atoms with Gasteiger partial charge >= 0.3 is 11.8 Å². The van der Waals surface area contributed by atoms with E-state index in [1.807, 2.05) is 44.2 Å². The highest BCUT2D eigenvalue weighted by Crippen LogP contribution is 2.16. The molecule has 0 aliphatic heterocycles. The topological polar surface area (TPSA) is 109 Å². The number of benzene rings is 3. The summed E-state index contributed by atoms with van der Waals surface area (Å²) >= 11 is 0. The fraction of sp³-hybridized carbons (Fsp3) is 0.120. The Hall–Kier alpha value is -4.46. The first-order chi connectivity index (χ1) is 15.9. The van der Waals surface area contributed by atoms with Gasteiger partial charge in [-0.1, -0.05) is 42.0 Å². The molecule has 33 heavy (non-hydrogen) atoms. The zero-order valence-electron chi connectivity index (χ0n) is 18.3. The fourth-order valence-electron chi connectivity index (χ4n) is 2.82. The van der Waals surface area contributed by atoms with Crippen molar-refractivity contribution in [1.82, 2.24) is 5.43 Å². The summed E-state index contributed by atoms with van der Waals surface area (Å²) in [6.45, 7) is 3.64. The third-order valence-corrected chi connectivity index (χ3v) is 4.47. The van der Waals surface area contributed by atoms with E-state index >= 15 is 0 Å². The van der Waals surface area contributed by atoms with E-state index in [-0.39, 0.29) is 12.5 Å². The monoisotopic (exact) mass is 444 g/mol. The largest absolute Gasteiger partial charge is 0.483 e. The number of nitrogens with one attached hydrogen (secondary N) is 3. The summed E-state index contributed by atoms with van der Waals surface area (Å²) in [6, 6.07) is 21.4. The second-order valence-electron chi connectivity index (χ2n) is 7.26. The molecular weight excluding hydrogens is 420 g/mol. The fourth-order valence-corrected chi connectivity index (χ4v) is 2.82. The molecule has 3 aromatic rings. The molecule has 0 saturated carbocycles. The Morgan fingerprint density at radius 1 is 0.818 bits per heavy atom. The number of hydrogen-bond acceptors (Lipinski definition) is 5. The van der Waals surface area contributed by atoms with E-state index in [0.29, 0.717) is 22.7 Å². The second kappa shape index (κ2) is 11.2. The maximum atomic E-state index is 12.2. The molecule has 0 aromatic heterocycles. The van der Waals surface area contributed by atoms with E-state index in [2.05, 4.69) is 21.2 Å². The lowest BCUT2D eigenvalue weighted by Crippen LogP contribution is -2.32. The minimum Gasteiger partial charge on any atom is -0.483 e. The van der Waals surface area contributed by atoms with Crippen LogP contribution in [0.5, 0.6) is 5.75 Å². The van der Waals surface area contributed by atoms with Crippen LogP contribution in [0.3, 0.4) is 0 Å². The highest BCUT2D eigenvalue weighted by Gasteiger charge is 2.13. The molecule has 0 aliphatic rings. The smallest absolute Gasteiger partial charge is 0.329 e. The van der Waals surface area contributed by atoms with Crippen LogP contribution in [-0.4, -0.2) is 30.5 Å². The van der Waals surface area contributed by atoms with Gasteiger partial charge in [-0.25, -0.2) is 5.43 Å². The standard InChI is InChI=1S/C25H24N4O4/c1-17-10-12-20(13-11-17)27-23(30)16-33-22-9-4-3-7-19(22)15-26-29-25(32)24(31)28-21-8-5-6-18(2)14-21/h3-15H,16H2,1-2H3,(H,27,30)(H,28,31)(H,29,32)/b26-15-. The van der Waals surface area contributed by atoms with Crippen molar-refractivity contribution in [3.63, 3.8) is 0 Å². The number of nitrogens with zero attached hydrogens (tertiary/aromatic N) is 1. The number of hydrogen-bond donors (Lipinski definition) is 3. The van der Waals surface area contributed by atoms with Crippen molar-refractivity contribution in [2.45, 2.75) is 13.8 Å². The van der Waals surface area contributed by atoms with E-state index in [0.717, 1.165) is 11.1 Å². The Kier molecular flexibility index (Phi) is 7.91. The van der Waals surface area contributed by atoms with Crippen molar-refractivity contribution in [2.24, 2.45) is 5.10 Å². The van der Waals surface area contributed by atoms with Crippen LogP contribution in [0.25, 0.3) is 0 Å². The summed E-state index contributed by atoms with van der Waals surface area (Å²) in [6.07, 6.45) is 1.34. The summed E-state index contributed by atoms with van der Waals surface area (Å²) in [5.74, 6) is -1.66. The Morgan fingerprint density at radius 3 is 2.33 bits per heavy atom. The van der Waals surface area contributed by atoms with Crippen LogP contribution < -0.4 is 20.8 Å². The van der Waals surface area contributed by atoms with Gasteiger partial charge in [-0.3, -0.25) is 14.4 Å². The summed E-state index contributed by atoms with van der Waals surface area (Å²) in [7, 11) is 0. The highest BCUT2D eigenvalue weighted by molar-refractivity contribution is 6.39. The van der Waals surface area contributed by atoms with Crippen molar-refractivity contribution < 1.29 is 19.1 Å². The SMILES string of the molecule is Cc1ccc(NC(=O)COc2ccccc2/C=N\NC(=O)C(=O)Nc2cccc(C)c2)cc1. The molecule has 0 aliphatic carbocycles. The van der Waals surface area contributed by atoms with Gasteiger partial charge in [0.1, 0.15) is 5.75 Å². The van der Waals surface area contributed by atoms with Gasteiger partial charge in [-0.15, -0.1) is 0 Å². The predicted molar refractivity (Wildman–Crippen MR) is 127 cm³/mol. The molecule has 0 radical (unpaired) electrons. The van der Waals surface area contributed by atoms with Crippen molar-refractivity contribution in [2.75, 3.05) is 17.2 Å². The lowest BCUT2D eigenvalue weighted by molar-refractivity contribution is -0.136. The second-order valence-corrected chi connectivity index (χ2v) is 7.26. The van der Waals surface area contributed by atoms with Crippen molar-refractivity contribution >= 4 is 35.3 Å². The zero-order valence-corrected chi connectivity index (χ0v) is 18.3. The third-order valence-electron chi connectivity index (χ3n) is 4.47. The molecule has 0 saturated heterocycles. The van der Waals surface area contributed by atoms with Gasteiger partial charge in [0.2, 0.25) is 0 Å². The molecule has 0 bridgehead atoms. The van der Waals surface area contributed by atoms with Crippen LogP contribution in [0, 0.1) is 13.8 Å². The van der Waals surface area contributed by atoms with Gasteiger partial charge in [-0.2, -0.15) is 5.10 Å². The molecule has 0 fully saturated rings. The average Bonchev–Trinajstić information content (AvgIpc) is 2.80. The molecular formula is C25H24N4O4. The van der Waals surface area contributed by atoms with Crippen LogP contribution in [0.1, 0.15) is 16.7 Å². The number of rotatable bonds is 7. The molecule has 0 spiro atoms. The first kappa shape index (κ1) is 23.2. The number of aryl methyl sites for hydroxylation is 2. The molecule has 168 valence electrons. The number of para-hydroxylation sites is 1. The Labute approximate surface area is 191 Å². The van der Waals surface area contributed by atoms with E-state index in [1.54, 1.807) is 42.5 Å². The maximum Gasteiger partial charge on any atom is 0.329 e. The number of anilines is 2. The molecule has 8 nitrogen and oxygen atoms in total. The van der Waals surface area contributed by atoms with Crippen LogP contribution in [-0.2, 0) is 14.4 Å². The van der Waals surface area contributed by atoms with E-state index in [9.17, 15) is 14.4 Å². The van der Waals surface area contributed by atoms with E-state index in [1.165, 1.54) is 6.21 Å². The summed E-state index contributed by atoms with van der Waals surface area (Å²) in [4.78, 5) is 36.2. The quantitative estimate of drug-likeness (QED) is 0.295. The molecule has 3 rings (SSSR count). The number of carbonyl (C=O) groups is 3. The predicted octanol–water partition coefficient (Wildman–Crippen LogP) is 3.41. The zero-order chi connectivity index (χ0) is 23.6. The molecule has 3 aromatic carbocycles. The van der Waals surface area contributed by atoms with Gasteiger partial charge in [0.05, 0.1) is 6.21 Å². The molecule has 3 amide bonds. The lowest BCUT2D eigenvalue weighted by Gasteiger charge is -2.10. The summed E-state index contributed by atoms with van der Waals surface area (Å²) in [5.41, 5.74) is 5.95. The van der Waals surface area contributed by atoms with Crippen molar-refractivity contribution in [1.29, 1.82) is 0 Å². The Morgan fingerprint density at radius 2 is 1.58 bits per heavy atom. The molecule has 0 heterocycles. The van der Waals surface area contributed by atoms with Gasteiger partial charge in [0.15, 0.2) is 6.61 Å². The van der Waals surface area contributed by atoms with Crippen LogP contribution in [0.2, 0.25) is 0 Å². The van der Waals surface area contributed by atoms with Crippen LogP contribution >= 0.6 is 0 Å². The third kappa shape index (κ3) is 7.32. The lowest BCUT2D eigenvalue weighted by atomic mass is 10.2. The first-order valence-electron chi connectivity index (χ1n) is 10.2. The number of amides is 3. The highest BCUT2D eigenvalue weighted by atomic mass is 16.5. The number of hydrazone groups is 1. The van der Waals surface area contributed by atoms with Crippen LogP contribution in [0.15, 0.2) is 77.9 Å². The van der Waals surface area contributed by atoms with E-state index < -0.39 is 11.8 Å². The summed E-state index contributed by atoms with van der Waals surface area (Å²) < 4.78 is 5.59. The number of ether oxygens (including phenoxy) is 1. The number of carbonyl (C=O) groups excluding carboxylic acids is 3. The van der Waals surface area contributed by atoms with Crippen LogP contribution in [0.4, 0.5) is 11.4 Å². The summed E-state index contributed by atoms with van der Waals surface area (Å²) in [5, 5.41) is 9.08. The molecule has 8 heteroatoms. The van der Waals surface area contributed by atoms with Gasteiger partial charge in [0, 0.05) is 16.9 Å². The van der Waals surface area contributed by atoms with Gasteiger partial charge in [-0.05, 0) is 55.8 Å². The Balaban J connectivity index is 1.52. The molecule has 3 N–H and O–H groups in total. The minimum atomic E-state index is -0.913. The maximum absolute atomic E-state index is 12.2. The molecule has 0 unspecified atom stereocenters. The minimum absolute atomic E-state index is 0.204. The van der Waals surface area contributed by atoms with Gasteiger partial charge in [0.25, 0.3) is 5.91 Å². The molecule has 0 atom stereocenters. The van der Waals surface area contributed by atoms with E-state index in [4.69, 9.17) is 4.74 Å². The van der Waals surface area contributed by atoms with Crippen molar-refractivity contribution in [3.05, 3.63) is 89.5 Å². The van der Waals surface area contributed by atoms with Gasteiger partial charge < -0.3 is 15.4 Å². The first-order valence-corrected chi connectivity index (χ1v) is 10.2. The average molecular weight is 444 g/mol. The normalized spacial score (nSPS) is 10.5. The Bertz CT molecular complexity index is 1170.